The molecule has 0 aliphatic heterocycles. The number of aryl methyl sites for hydroxylation is 1. The Morgan fingerprint density at radius 1 is 1.44 bits per heavy atom. The Morgan fingerprint density at radius 3 is 2.83 bits per heavy atom. The minimum atomic E-state index is -3.83. The molecule has 0 aliphatic carbocycles. The van der Waals surface area contributed by atoms with Crippen molar-refractivity contribution in [3.05, 3.63) is 35.7 Å². The number of hydrogen-bond acceptors (Lipinski definition) is 6. The molecule has 1 aromatic heterocycles. The van der Waals surface area contributed by atoms with Gasteiger partial charge in [-0.25, -0.2) is 13.1 Å². The summed E-state index contributed by atoms with van der Waals surface area (Å²) in [6, 6.07) is 7.26. The van der Waals surface area contributed by atoms with Crippen LogP contribution in [0.5, 0.6) is 0 Å². The number of nitriles is 1. The van der Waals surface area contributed by atoms with Crippen molar-refractivity contribution in [2.24, 2.45) is 0 Å². The van der Waals surface area contributed by atoms with Gasteiger partial charge in [0.05, 0.1) is 16.5 Å². The van der Waals surface area contributed by atoms with Crippen molar-refractivity contribution >= 4 is 16.0 Å². The molecule has 0 unspecified atom stereocenters. The highest BCUT2D eigenvalue weighted by molar-refractivity contribution is 7.92. The molecule has 7 nitrogen and oxygen atoms in total. The lowest BCUT2D eigenvalue weighted by molar-refractivity contribution is 0.429. The standard InChI is InChI=1S/C10H8N4O3S/c1-7-12-10(17-13-7)14-18(15,16)9-4-2-3-8(5-9)6-11/h2-5H,1H3,(H,12,13,14). The van der Waals surface area contributed by atoms with Crippen molar-refractivity contribution < 1.29 is 12.9 Å². The largest absolute Gasteiger partial charge is 0.335 e. The normalized spacial score (nSPS) is 10.9. The predicted molar refractivity (Wildman–Crippen MR) is 61.0 cm³/mol. The molecule has 1 aromatic carbocycles. The lowest BCUT2D eigenvalue weighted by Gasteiger charge is -2.03. The molecule has 1 heterocycles. The zero-order valence-electron chi connectivity index (χ0n) is 9.28. The van der Waals surface area contributed by atoms with Crippen LogP contribution in [0.4, 0.5) is 6.01 Å². The van der Waals surface area contributed by atoms with Gasteiger partial charge in [0, 0.05) is 0 Å². The number of nitrogens with one attached hydrogen (secondary N) is 1. The van der Waals surface area contributed by atoms with Crippen LogP contribution in [-0.2, 0) is 10.0 Å². The first-order chi connectivity index (χ1) is 8.51. The SMILES string of the molecule is Cc1noc(NS(=O)(=O)c2cccc(C#N)c2)n1. The van der Waals surface area contributed by atoms with Crippen LogP contribution in [0.15, 0.2) is 33.7 Å². The third-order valence-corrected chi connectivity index (χ3v) is 3.34. The molecular formula is C10H8N4O3S. The third-order valence-electron chi connectivity index (χ3n) is 2.02. The summed E-state index contributed by atoms with van der Waals surface area (Å²) in [5.41, 5.74) is 0.250. The van der Waals surface area contributed by atoms with E-state index in [0.29, 0.717) is 5.82 Å². The molecule has 0 amide bonds. The Labute approximate surface area is 103 Å². The van der Waals surface area contributed by atoms with Gasteiger partial charge in [-0.05, 0) is 25.1 Å². The van der Waals surface area contributed by atoms with E-state index in [1.165, 1.54) is 24.3 Å². The average molecular weight is 264 g/mol. The first-order valence-corrected chi connectivity index (χ1v) is 6.33. The van der Waals surface area contributed by atoms with Gasteiger partial charge in [0.2, 0.25) is 0 Å². The fraction of sp³-hybridized carbons (Fsp3) is 0.100. The monoisotopic (exact) mass is 264 g/mol. The maximum absolute atomic E-state index is 11.9. The van der Waals surface area contributed by atoms with Crippen LogP contribution in [0.1, 0.15) is 11.4 Å². The highest BCUT2D eigenvalue weighted by Crippen LogP contribution is 2.15. The molecule has 0 spiro atoms. The fourth-order valence-electron chi connectivity index (χ4n) is 1.25. The summed E-state index contributed by atoms with van der Waals surface area (Å²) in [4.78, 5) is 3.69. The Morgan fingerprint density at radius 2 is 2.22 bits per heavy atom. The molecule has 2 rings (SSSR count). The number of benzene rings is 1. The predicted octanol–water partition coefficient (Wildman–Crippen LogP) is 1.05. The molecule has 0 aliphatic rings. The highest BCUT2D eigenvalue weighted by Gasteiger charge is 2.17. The molecule has 92 valence electrons. The molecule has 0 fully saturated rings. The minimum absolute atomic E-state index is 0.0441. The number of rotatable bonds is 3. The van der Waals surface area contributed by atoms with E-state index in [-0.39, 0.29) is 16.5 Å². The van der Waals surface area contributed by atoms with Crippen LogP contribution >= 0.6 is 0 Å². The van der Waals surface area contributed by atoms with E-state index >= 15 is 0 Å². The zero-order valence-corrected chi connectivity index (χ0v) is 10.1. The molecule has 1 N–H and O–H groups in total. The van der Waals surface area contributed by atoms with E-state index in [4.69, 9.17) is 5.26 Å². The summed E-state index contributed by atoms with van der Waals surface area (Å²) in [6.45, 7) is 1.57. The van der Waals surface area contributed by atoms with Crippen LogP contribution in [-0.4, -0.2) is 18.6 Å². The Kier molecular flexibility index (Phi) is 2.99. The summed E-state index contributed by atoms with van der Waals surface area (Å²) < 4.78 is 30.7. The molecule has 18 heavy (non-hydrogen) atoms. The summed E-state index contributed by atoms with van der Waals surface area (Å²) >= 11 is 0. The van der Waals surface area contributed by atoms with Crippen LogP contribution in [0.3, 0.4) is 0 Å². The fourth-order valence-corrected chi connectivity index (χ4v) is 2.22. The van der Waals surface area contributed by atoms with E-state index in [2.05, 4.69) is 19.4 Å². The van der Waals surface area contributed by atoms with Gasteiger partial charge in [-0.3, -0.25) is 0 Å². The van der Waals surface area contributed by atoms with Crippen LogP contribution in [0.25, 0.3) is 0 Å². The van der Waals surface area contributed by atoms with Gasteiger partial charge >= 0.3 is 6.01 Å². The average Bonchev–Trinajstić information content (AvgIpc) is 2.74. The molecular weight excluding hydrogens is 256 g/mol. The minimum Gasteiger partial charge on any atom is -0.314 e. The maximum Gasteiger partial charge on any atom is 0.335 e. The van der Waals surface area contributed by atoms with Gasteiger partial charge < -0.3 is 4.52 Å². The van der Waals surface area contributed by atoms with Crippen molar-refractivity contribution in [2.75, 3.05) is 4.72 Å². The quantitative estimate of drug-likeness (QED) is 0.887. The zero-order chi connectivity index (χ0) is 13.2. The van der Waals surface area contributed by atoms with E-state index in [1.54, 1.807) is 6.92 Å². The van der Waals surface area contributed by atoms with Crippen LogP contribution < -0.4 is 4.72 Å². The van der Waals surface area contributed by atoms with Crippen molar-refractivity contribution in [3.63, 3.8) is 0 Å². The molecule has 2 aromatic rings. The topological polar surface area (TPSA) is 109 Å². The van der Waals surface area contributed by atoms with Crippen LogP contribution in [0, 0.1) is 18.3 Å². The summed E-state index contributed by atoms with van der Waals surface area (Å²) in [5, 5.41) is 12.2. The number of hydrogen-bond donors (Lipinski definition) is 1. The first kappa shape index (κ1) is 12.1. The highest BCUT2D eigenvalue weighted by atomic mass is 32.2. The first-order valence-electron chi connectivity index (χ1n) is 4.84. The van der Waals surface area contributed by atoms with Gasteiger partial charge in [0.25, 0.3) is 10.0 Å². The summed E-state index contributed by atoms with van der Waals surface area (Å²) in [5.74, 6) is 0.318. The Bertz CT molecular complexity index is 715. The Hall–Kier alpha value is -2.40. The van der Waals surface area contributed by atoms with Gasteiger partial charge in [0.15, 0.2) is 5.82 Å². The second-order valence-corrected chi connectivity index (χ2v) is 5.07. The van der Waals surface area contributed by atoms with E-state index < -0.39 is 10.0 Å². The number of sulfonamides is 1. The second kappa shape index (κ2) is 4.46. The van der Waals surface area contributed by atoms with Crippen molar-refractivity contribution in [1.29, 1.82) is 5.26 Å². The smallest absolute Gasteiger partial charge is 0.314 e. The second-order valence-electron chi connectivity index (χ2n) is 3.39. The van der Waals surface area contributed by atoms with Gasteiger partial charge in [-0.2, -0.15) is 10.2 Å². The van der Waals surface area contributed by atoms with Gasteiger partial charge in [-0.1, -0.05) is 11.2 Å². The van der Waals surface area contributed by atoms with Crippen molar-refractivity contribution in [3.8, 4) is 6.07 Å². The molecule has 0 saturated carbocycles. The molecule has 0 bridgehead atoms. The molecule has 0 radical (unpaired) electrons. The summed E-state index contributed by atoms with van der Waals surface area (Å²) in [6.07, 6.45) is 0. The number of nitrogens with zero attached hydrogens (tertiary/aromatic N) is 3. The lowest BCUT2D eigenvalue weighted by Crippen LogP contribution is -2.13. The third kappa shape index (κ3) is 2.46. The van der Waals surface area contributed by atoms with E-state index in [0.717, 1.165) is 0 Å². The maximum atomic E-state index is 11.9. The van der Waals surface area contributed by atoms with Crippen molar-refractivity contribution in [1.82, 2.24) is 10.1 Å². The van der Waals surface area contributed by atoms with E-state index in [1.807, 2.05) is 6.07 Å². The van der Waals surface area contributed by atoms with Crippen molar-refractivity contribution in [2.45, 2.75) is 11.8 Å². The van der Waals surface area contributed by atoms with Gasteiger partial charge in [-0.15, -0.1) is 0 Å². The number of aromatic nitrogens is 2. The Balaban J connectivity index is 2.34. The van der Waals surface area contributed by atoms with E-state index in [9.17, 15) is 8.42 Å². The van der Waals surface area contributed by atoms with Crippen LogP contribution in [0.2, 0.25) is 0 Å². The summed E-state index contributed by atoms with van der Waals surface area (Å²) in [7, 11) is -3.83. The lowest BCUT2D eigenvalue weighted by atomic mass is 10.2. The molecule has 0 saturated heterocycles. The van der Waals surface area contributed by atoms with Gasteiger partial charge in [0.1, 0.15) is 0 Å². The molecule has 0 atom stereocenters. The number of anilines is 1. The molecule has 8 heteroatoms.